The first kappa shape index (κ1) is 19.8. The van der Waals surface area contributed by atoms with Crippen LogP contribution in [-0.2, 0) is 16.1 Å². The van der Waals surface area contributed by atoms with Crippen LogP contribution in [0.4, 0.5) is 5.69 Å². The zero-order valence-corrected chi connectivity index (χ0v) is 15.7. The molecular weight excluding hydrogens is 382 g/mol. The maximum absolute atomic E-state index is 11.9. The van der Waals surface area contributed by atoms with Crippen LogP contribution in [0.5, 0.6) is 11.5 Å². The molecule has 1 heterocycles. The number of non-ortho nitro benzene ring substituents is 1. The van der Waals surface area contributed by atoms with E-state index in [1.807, 2.05) is 13.0 Å². The third-order valence-corrected chi connectivity index (χ3v) is 3.83. The summed E-state index contributed by atoms with van der Waals surface area (Å²) in [6.07, 6.45) is 0. The molecule has 0 atom stereocenters. The van der Waals surface area contributed by atoms with Crippen molar-refractivity contribution >= 4 is 11.7 Å². The lowest BCUT2D eigenvalue weighted by Crippen LogP contribution is -2.15. The number of nitro groups is 1. The van der Waals surface area contributed by atoms with Crippen molar-refractivity contribution in [3.05, 3.63) is 64.0 Å². The molecule has 2 aromatic carbocycles. The van der Waals surface area contributed by atoms with Crippen LogP contribution in [0, 0.1) is 17.0 Å². The van der Waals surface area contributed by atoms with Crippen LogP contribution in [0.2, 0.25) is 0 Å². The number of methoxy groups -OCH3 is 1. The molecule has 0 bridgehead atoms. The van der Waals surface area contributed by atoms with Gasteiger partial charge in [-0.05, 0) is 36.8 Å². The highest BCUT2D eigenvalue weighted by Crippen LogP contribution is 2.27. The Hall–Kier alpha value is -3.95. The highest BCUT2D eigenvalue weighted by Gasteiger charge is 2.14. The Labute approximate surface area is 165 Å². The molecule has 0 amide bonds. The molecule has 10 heteroatoms. The van der Waals surface area contributed by atoms with Crippen molar-refractivity contribution in [1.82, 2.24) is 10.1 Å². The number of esters is 1. The zero-order chi connectivity index (χ0) is 20.8. The highest BCUT2D eigenvalue weighted by molar-refractivity contribution is 5.71. The Morgan fingerprint density at radius 3 is 2.62 bits per heavy atom. The molecule has 0 fully saturated rings. The van der Waals surface area contributed by atoms with Crippen LogP contribution in [0.3, 0.4) is 0 Å². The third-order valence-electron chi connectivity index (χ3n) is 3.83. The first-order valence-corrected chi connectivity index (χ1v) is 8.46. The fraction of sp³-hybridized carbons (Fsp3) is 0.211. The Morgan fingerprint density at radius 2 is 1.93 bits per heavy atom. The van der Waals surface area contributed by atoms with Gasteiger partial charge in [-0.15, -0.1) is 0 Å². The fourth-order valence-corrected chi connectivity index (χ4v) is 2.38. The molecule has 3 rings (SSSR count). The normalized spacial score (nSPS) is 10.4. The average molecular weight is 399 g/mol. The fourth-order valence-electron chi connectivity index (χ4n) is 2.38. The van der Waals surface area contributed by atoms with Crippen molar-refractivity contribution in [3.63, 3.8) is 0 Å². The van der Waals surface area contributed by atoms with Crippen LogP contribution in [0.25, 0.3) is 11.4 Å². The summed E-state index contributed by atoms with van der Waals surface area (Å²) in [4.78, 5) is 26.2. The smallest absolute Gasteiger partial charge is 0.344 e. The first-order chi connectivity index (χ1) is 14.0. The van der Waals surface area contributed by atoms with E-state index in [1.54, 1.807) is 12.1 Å². The number of aromatic nitrogens is 2. The predicted octanol–water partition coefficient (Wildman–Crippen LogP) is 3.08. The molecule has 0 radical (unpaired) electrons. The number of nitrogens with zero attached hydrogens (tertiary/aromatic N) is 3. The van der Waals surface area contributed by atoms with Crippen molar-refractivity contribution in [2.45, 2.75) is 13.5 Å². The Balaban J connectivity index is 1.53. The minimum Gasteiger partial charge on any atom is -0.493 e. The number of hydrogen-bond donors (Lipinski definition) is 0. The van der Waals surface area contributed by atoms with E-state index in [0.717, 1.165) is 5.56 Å². The predicted molar refractivity (Wildman–Crippen MR) is 99.4 cm³/mol. The van der Waals surface area contributed by atoms with Gasteiger partial charge in [-0.1, -0.05) is 11.2 Å². The SMILES string of the molecule is COc1cc(C)ccc1OCC(=O)OCc1nc(-c2ccc([N+](=O)[O-])cc2)no1. The minimum atomic E-state index is -0.622. The van der Waals surface area contributed by atoms with Crippen molar-refractivity contribution in [3.8, 4) is 22.9 Å². The van der Waals surface area contributed by atoms with Crippen LogP contribution < -0.4 is 9.47 Å². The minimum absolute atomic E-state index is 0.0448. The van der Waals surface area contributed by atoms with Crippen molar-refractivity contribution in [2.24, 2.45) is 0 Å². The van der Waals surface area contributed by atoms with E-state index in [2.05, 4.69) is 10.1 Å². The van der Waals surface area contributed by atoms with E-state index in [9.17, 15) is 14.9 Å². The number of carbonyl (C=O) groups is 1. The second-order valence-corrected chi connectivity index (χ2v) is 5.92. The van der Waals surface area contributed by atoms with Gasteiger partial charge in [0.1, 0.15) is 0 Å². The number of rotatable bonds is 8. The first-order valence-electron chi connectivity index (χ1n) is 8.46. The molecule has 0 aliphatic rings. The number of carbonyl (C=O) groups excluding carboxylic acids is 1. The van der Waals surface area contributed by atoms with E-state index < -0.39 is 10.9 Å². The lowest BCUT2D eigenvalue weighted by Gasteiger charge is -2.10. The van der Waals surface area contributed by atoms with Gasteiger partial charge in [-0.3, -0.25) is 10.1 Å². The summed E-state index contributed by atoms with van der Waals surface area (Å²) in [6.45, 7) is 1.37. The summed E-state index contributed by atoms with van der Waals surface area (Å²) >= 11 is 0. The maximum Gasteiger partial charge on any atom is 0.344 e. The monoisotopic (exact) mass is 399 g/mol. The van der Waals surface area contributed by atoms with Crippen LogP contribution in [0.15, 0.2) is 47.0 Å². The number of hydrogen-bond acceptors (Lipinski definition) is 9. The largest absolute Gasteiger partial charge is 0.493 e. The van der Waals surface area contributed by atoms with Crippen molar-refractivity contribution < 1.29 is 28.5 Å². The summed E-state index contributed by atoms with van der Waals surface area (Å²) in [5.74, 6) is 0.629. The van der Waals surface area contributed by atoms with Crippen molar-refractivity contribution in [2.75, 3.05) is 13.7 Å². The van der Waals surface area contributed by atoms with Gasteiger partial charge in [0.2, 0.25) is 5.82 Å². The third kappa shape index (κ3) is 5.06. The lowest BCUT2D eigenvalue weighted by atomic mass is 10.2. The highest BCUT2D eigenvalue weighted by atomic mass is 16.6. The molecule has 150 valence electrons. The molecule has 0 N–H and O–H groups in total. The second-order valence-electron chi connectivity index (χ2n) is 5.92. The van der Waals surface area contributed by atoms with Crippen LogP contribution >= 0.6 is 0 Å². The number of nitro benzene ring substituents is 1. The molecule has 0 saturated heterocycles. The van der Waals surface area contributed by atoms with E-state index in [-0.39, 0.29) is 30.6 Å². The van der Waals surface area contributed by atoms with E-state index in [0.29, 0.717) is 17.1 Å². The van der Waals surface area contributed by atoms with Gasteiger partial charge >= 0.3 is 5.97 Å². The topological polar surface area (TPSA) is 127 Å². The molecule has 0 aliphatic carbocycles. The van der Waals surface area contributed by atoms with Gasteiger partial charge in [0.25, 0.3) is 11.6 Å². The second kappa shape index (κ2) is 8.83. The molecule has 3 aromatic rings. The summed E-state index contributed by atoms with van der Waals surface area (Å²) < 4.78 is 20.7. The molecule has 1 aromatic heterocycles. The van der Waals surface area contributed by atoms with Gasteiger partial charge in [0.15, 0.2) is 24.7 Å². The summed E-state index contributed by atoms with van der Waals surface area (Å²) in [6, 6.07) is 11.0. The zero-order valence-electron chi connectivity index (χ0n) is 15.7. The quantitative estimate of drug-likeness (QED) is 0.319. The van der Waals surface area contributed by atoms with Crippen molar-refractivity contribution in [1.29, 1.82) is 0 Å². The maximum atomic E-state index is 11.9. The van der Waals surface area contributed by atoms with Gasteiger partial charge in [-0.2, -0.15) is 4.98 Å². The number of benzene rings is 2. The Bertz CT molecular complexity index is 1010. The average Bonchev–Trinajstić information content (AvgIpc) is 3.20. The van der Waals surface area contributed by atoms with Gasteiger partial charge in [0, 0.05) is 17.7 Å². The van der Waals surface area contributed by atoms with E-state index >= 15 is 0 Å². The van der Waals surface area contributed by atoms with Crippen LogP contribution in [-0.4, -0.2) is 34.7 Å². The standard InChI is InChI=1S/C19H17N3O7/c1-12-3-8-15(16(9-12)26-2)27-11-18(23)28-10-17-20-19(21-29-17)13-4-6-14(7-5-13)22(24)25/h3-9H,10-11H2,1-2H3. The molecule has 29 heavy (non-hydrogen) atoms. The summed E-state index contributed by atoms with van der Waals surface area (Å²) in [7, 11) is 1.51. The summed E-state index contributed by atoms with van der Waals surface area (Å²) in [5.41, 5.74) is 1.49. The lowest BCUT2D eigenvalue weighted by molar-refractivity contribution is -0.384. The molecule has 0 spiro atoms. The van der Waals surface area contributed by atoms with E-state index in [1.165, 1.54) is 31.4 Å². The Morgan fingerprint density at radius 1 is 1.17 bits per heavy atom. The van der Waals surface area contributed by atoms with Gasteiger partial charge in [0.05, 0.1) is 12.0 Å². The molecule has 0 aliphatic heterocycles. The molecular formula is C19H17N3O7. The van der Waals surface area contributed by atoms with Gasteiger partial charge < -0.3 is 18.7 Å². The molecule has 10 nitrogen and oxygen atoms in total. The van der Waals surface area contributed by atoms with Crippen LogP contribution in [0.1, 0.15) is 11.5 Å². The number of ether oxygens (including phenoxy) is 3. The Kier molecular flexibility index (Phi) is 6.03. The number of aryl methyl sites for hydroxylation is 1. The molecule has 0 unspecified atom stereocenters. The molecule has 0 saturated carbocycles. The van der Waals surface area contributed by atoms with Gasteiger partial charge in [-0.25, -0.2) is 4.79 Å². The summed E-state index contributed by atoms with van der Waals surface area (Å²) in [5, 5.41) is 14.5. The van der Waals surface area contributed by atoms with E-state index in [4.69, 9.17) is 18.7 Å².